The van der Waals surface area contributed by atoms with Gasteiger partial charge in [0, 0.05) is 0 Å². The maximum Gasteiger partial charge on any atom is 0.488 e. The Balaban J connectivity index is 2.04. The van der Waals surface area contributed by atoms with Crippen molar-refractivity contribution in [1.29, 1.82) is 0 Å². The first kappa shape index (κ1) is 11.6. The van der Waals surface area contributed by atoms with Gasteiger partial charge >= 0.3 is 7.12 Å². The van der Waals surface area contributed by atoms with E-state index >= 15 is 0 Å². The van der Waals surface area contributed by atoms with Crippen LogP contribution in [0.5, 0.6) is 0 Å². The molecule has 0 saturated heterocycles. The van der Waals surface area contributed by atoms with E-state index in [1.807, 2.05) is 12.1 Å². The quantitative estimate of drug-likeness (QED) is 0.741. The maximum absolute atomic E-state index is 13.0. The first-order valence-electron chi connectivity index (χ1n) is 5.77. The fourth-order valence-electron chi connectivity index (χ4n) is 2.33. The lowest BCUT2D eigenvalue weighted by molar-refractivity contribution is 0.235. The number of alkyl halides is 1. The number of halogens is 1. The van der Waals surface area contributed by atoms with Crippen LogP contribution >= 0.6 is 0 Å². The molecule has 86 valence electrons. The molecule has 1 aromatic rings. The molecule has 0 spiro atoms. The zero-order chi connectivity index (χ0) is 11.5. The first-order valence-corrected chi connectivity index (χ1v) is 5.77. The van der Waals surface area contributed by atoms with Gasteiger partial charge in [0.25, 0.3) is 0 Å². The molecular formula is C12H16BFO2. The van der Waals surface area contributed by atoms with Gasteiger partial charge in [0.05, 0.1) is 0 Å². The van der Waals surface area contributed by atoms with Crippen LogP contribution in [0.2, 0.25) is 0 Å². The summed E-state index contributed by atoms with van der Waals surface area (Å²) in [5.41, 5.74) is 1.68. The van der Waals surface area contributed by atoms with E-state index in [1.165, 1.54) is 5.56 Å². The van der Waals surface area contributed by atoms with Gasteiger partial charge in [-0.15, -0.1) is 0 Å². The van der Waals surface area contributed by atoms with Crippen LogP contribution < -0.4 is 5.46 Å². The van der Waals surface area contributed by atoms with Crippen molar-refractivity contribution in [2.45, 2.75) is 37.8 Å². The molecule has 1 fully saturated rings. The van der Waals surface area contributed by atoms with Crippen molar-refractivity contribution in [1.82, 2.24) is 0 Å². The van der Waals surface area contributed by atoms with Crippen molar-refractivity contribution in [3.63, 3.8) is 0 Å². The van der Waals surface area contributed by atoms with Crippen molar-refractivity contribution < 1.29 is 14.4 Å². The summed E-state index contributed by atoms with van der Waals surface area (Å²) in [5.74, 6) is 0.428. The van der Waals surface area contributed by atoms with Gasteiger partial charge in [0.15, 0.2) is 0 Å². The summed E-state index contributed by atoms with van der Waals surface area (Å²) in [6.45, 7) is 0. The van der Waals surface area contributed by atoms with Crippen LogP contribution in [0.3, 0.4) is 0 Å². The molecule has 1 aromatic carbocycles. The average molecular weight is 222 g/mol. The monoisotopic (exact) mass is 222 g/mol. The van der Waals surface area contributed by atoms with Crippen molar-refractivity contribution >= 4 is 12.6 Å². The molecule has 0 unspecified atom stereocenters. The Hall–Kier alpha value is -0.865. The summed E-state index contributed by atoms with van der Waals surface area (Å²) in [6.07, 6.45) is 2.45. The molecule has 0 heterocycles. The Kier molecular flexibility index (Phi) is 3.61. The summed E-state index contributed by atoms with van der Waals surface area (Å²) < 4.78 is 13.0. The molecule has 0 aliphatic heterocycles. The molecule has 1 aliphatic carbocycles. The zero-order valence-corrected chi connectivity index (χ0v) is 9.14. The molecule has 2 rings (SSSR count). The summed E-state index contributed by atoms with van der Waals surface area (Å²) in [6, 6.07) is 7.28. The second-order valence-electron chi connectivity index (χ2n) is 4.49. The molecule has 0 amide bonds. The minimum Gasteiger partial charge on any atom is -0.423 e. The Labute approximate surface area is 95.3 Å². The molecule has 1 saturated carbocycles. The van der Waals surface area contributed by atoms with E-state index < -0.39 is 13.3 Å². The molecule has 2 nitrogen and oxygen atoms in total. The fraction of sp³-hybridized carbons (Fsp3) is 0.500. The molecule has 0 atom stereocenters. The number of benzene rings is 1. The highest BCUT2D eigenvalue weighted by molar-refractivity contribution is 6.58. The summed E-state index contributed by atoms with van der Waals surface area (Å²) >= 11 is 0. The lowest BCUT2D eigenvalue weighted by Gasteiger charge is -2.24. The van der Waals surface area contributed by atoms with Crippen LogP contribution in [0, 0.1) is 0 Å². The van der Waals surface area contributed by atoms with E-state index in [-0.39, 0.29) is 0 Å². The number of hydrogen-bond acceptors (Lipinski definition) is 2. The molecule has 2 N–H and O–H groups in total. The normalized spacial score (nSPS) is 25.4. The van der Waals surface area contributed by atoms with E-state index in [9.17, 15) is 4.39 Å². The Morgan fingerprint density at radius 1 is 1.00 bits per heavy atom. The van der Waals surface area contributed by atoms with Crippen LogP contribution in [0.1, 0.15) is 37.2 Å². The third kappa shape index (κ3) is 2.63. The lowest BCUT2D eigenvalue weighted by Crippen LogP contribution is -2.29. The predicted molar refractivity (Wildman–Crippen MR) is 62.4 cm³/mol. The van der Waals surface area contributed by atoms with Crippen molar-refractivity contribution in [3.05, 3.63) is 29.8 Å². The number of rotatable bonds is 2. The van der Waals surface area contributed by atoms with Gasteiger partial charge in [0.1, 0.15) is 6.17 Å². The highest BCUT2D eigenvalue weighted by atomic mass is 19.1. The summed E-state index contributed by atoms with van der Waals surface area (Å²) in [5, 5.41) is 17.9. The summed E-state index contributed by atoms with van der Waals surface area (Å²) in [4.78, 5) is 0. The standard InChI is InChI=1S/C12H16BFO2/c14-12-7-3-10(4-8-12)9-1-5-11(6-2-9)13(15)16/h1-2,5-6,10,12,15-16H,3-4,7-8H2. The molecule has 0 bridgehead atoms. The molecular weight excluding hydrogens is 206 g/mol. The van der Waals surface area contributed by atoms with Gasteiger partial charge in [-0.2, -0.15) is 0 Å². The van der Waals surface area contributed by atoms with Crippen LogP contribution in [0.15, 0.2) is 24.3 Å². The molecule has 4 heteroatoms. The average Bonchev–Trinajstić information content (AvgIpc) is 2.30. The molecule has 0 radical (unpaired) electrons. The van der Waals surface area contributed by atoms with Gasteiger partial charge in [-0.1, -0.05) is 24.3 Å². The van der Waals surface area contributed by atoms with Crippen molar-refractivity contribution in [3.8, 4) is 0 Å². The van der Waals surface area contributed by atoms with Crippen LogP contribution in [0.25, 0.3) is 0 Å². The van der Waals surface area contributed by atoms with E-state index in [2.05, 4.69) is 0 Å². The second kappa shape index (κ2) is 4.98. The van der Waals surface area contributed by atoms with Gasteiger partial charge < -0.3 is 10.0 Å². The minimum atomic E-state index is -1.41. The van der Waals surface area contributed by atoms with Gasteiger partial charge in [-0.25, -0.2) is 4.39 Å². The maximum atomic E-state index is 13.0. The highest BCUT2D eigenvalue weighted by Crippen LogP contribution is 2.33. The van der Waals surface area contributed by atoms with E-state index in [4.69, 9.17) is 10.0 Å². The van der Waals surface area contributed by atoms with Crippen LogP contribution in [-0.4, -0.2) is 23.3 Å². The van der Waals surface area contributed by atoms with Crippen LogP contribution in [-0.2, 0) is 0 Å². The fourth-order valence-corrected chi connectivity index (χ4v) is 2.33. The molecule has 1 aliphatic rings. The van der Waals surface area contributed by atoms with Crippen molar-refractivity contribution in [2.75, 3.05) is 0 Å². The third-order valence-electron chi connectivity index (χ3n) is 3.36. The zero-order valence-electron chi connectivity index (χ0n) is 9.14. The highest BCUT2D eigenvalue weighted by Gasteiger charge is 2.22. The predicted octanol–water partition coefficient (Wildman–Crippen LogP) is 1.36. The first-order chi connectivity index (χ1) is 7.66. The SMILES string of the molecule is OB(O)c1ccc(C2CCC(F)CC2)cc1. The van der Waals surface area contributed by atoms with Gasteiger partial charge in [-0.3, -0.25) is 0 Å². The van der Waals surface area contributed by atoms with Crippen LogP contribution in [0.4, 0.5) is 4.39 Å². The van der Waals surface area contributed by atoms with E-state index in [0.717, 1.165) is 12.8 Å². The third-order valence-corrected chi connectivity index (χ3v) is 3.36. The van der Waals surface area contributed by atoms with Gasteiger partial charge in [0.2, 0.25) is 0 Å². The lowest BCUT2D eigenvalue weighted by atomic mass is 9.77. The molecule has 16 heavy (non-hydrogen) atoms. The van der Waals surface area contributed by atoms with Gasteiger partial charge in [-0.05, 0) is 42.6 Å². The smallest absolute Gasteiger partial charge is 0.423 e. The largest absolute Gasteiger partial charge is 0.488 e. The van der Waals surface area contributed by atoms with E-state index in [0.29, 0.717) is 24.2 Å². The Morgan fingerprint density at radius 3 is 2.06 bits per heavy atom. The topological polar surface area (TPSA) is 40.5 Å². The Morgan fingerprint density at radius 2 is 1.56 bits per heavy atom. The number of hydrogen-bond donors (Lipinski definition) is 2. The van der Waals surface area contributed by atoms with Crippen molar-refractivity contribution in [2.24, 2.45) is 0 Å². The minimum absolute atomic E-state index is 0.428. The second-order valence-corrected chi connectivity index (χ2v) is 4.49. The summed E-state index contributed by atoms with van der Waals surface area (Å²) in [7, 11) is -1.41. The Bertz CT molecular complexity index is 331. The molecule has 0 aromatic heterocycles. The van der Waals surface area contributed by atoms with E-state index in [1.54, 1.807) is 12.1 Å².